The number of rotatable bonds is 6. The molecule has 0 saturated carbocycles. The number of aliphatic carboxylic acids is 1. The van der Waals surface area contributed by atoms with Crippen LogP contribution in [0.15, 0.2) is 30.5 Å². The molecule has 6 nitrogen and oxygen atoms in total. The van der Waals surface area contributed by atoms with Gasteiger partial charge < -0.3 is 9.84 Å². The first-order chi connectivity index (χ1) is 9.63. The maximum Gasteiger partial charge on any atom is 0.328 e. The third-order valence-corrected chi connectivity index (χ3v) is 2.92. The molecule has 2 rings (SSSR count). The molecule has 1 heterocycles. The normalized spacial score (nSPS) is 12.1. The Hall–Kier alpha value is -2.37. The summed E-state index contributed by atoms with van der Waals surface area (Å²) in [5.41, 5.74) is 1.52. The highest BCUT2D eigenvalue weighted by atomic mass is 16.5. The number of hydrogen-bond acceptors (Lipinski definition) is 4. The average Bonchev–Trinajstić information content (AvgIpc) is 2.94. The molecule has 1 aromatic carbocycles. The molecule has 20 heavy (non-hydrogen) atoms. The maximum atomic E-state index is 11.0. The number of hydrogen-bond donors (Lipinski definition) is 1. The Balaban J connectivity index is 2.24. The molecule has 106 valence electrons. The highest BCUT2D eigenvalue weighted by Gasteiger charge is 2.18. The lowest BCUT2D eigenvalue weighted by molar-refractivity contribution is -0.140. The molecule has 0 aliphatic carbocycles. The molecule has 0 radical (unpaired) electrons. The van der Waals surface area contributed by atoms with Crippen molar-refractivity contribution in [3.05, 3.63) is 30.5 Å². The summed E-state index contributed by atoms with van der Waals surface area (Å²) >= 11 is 0. The van der Waals surface area contributed by atoms with Crippen LogP contribution in [-0.2, 0) is 4.79 Å². The minimum Gasteiger partial charge on any atom is -0.494 e. The third kappa shape index (κ3) is 2.96. The van der Waals surface area contributed by atoms with Crippen LogP contribution in [0, 0.1) is 0 Å². The van der Waals surface area contributed by atoms with E-state index >= 15 is 0 Å². The SMILES string of the molecule is CCCOc1ccc(-c2cnnn2C(C)C(=O)O)cc1. The zero-order chi connectivity index (χ0) is 14.5. The molecule has 6 heteroatoms. The quantitative estimate of drug-likeness (QED) is 0.875. The molecule has 1 N–H and O–H groups in total. The van der Waals surface area contributed by atoms with Gasteiger partial charge >= 0.3 is 5.97 Å². The largest absolute Gasteiger partial charge is 0.494 e. The van der Waals surface area contributed by atoms with Gasteiger partial charge in [-0.3, -0.25) is 0 Å². The summed E-state index contributed by atoms with van der Waals surface area (Å²) in [6.45, 7) is 4.29. The molecule has 1 atom stereocenters. The third-order valence-electron chi connectivity index (χ3n) is 2.92. The molecule has 0 fully saturated rings. The van der Waals surface area contributed by atoms with Crippen molar-refractivity contribution in [2.75, 3.05) is 6.61 Å². The lowest BCUT2D eigenvalue weighted by Gasteiger charge is -2.11. The van der Waals surface area contributed by atoms with E-state index in [4.69, 9.17) is 9.84 Å². The van der Waals surface area contributed by atoms with Gasteiger partial charge in [0.2, 0.25) is 0 Å². The molecule has 0 amide bonds. The van der Waals surface area contributed by atoms with Crippen LogP contribution in [0.5, 0.6) is 5.75 Å². The number of nitrogens with zero attached hydrogens (tertiary/aromatic N) is 3. The van der Waals surface area contributed by atoms with E-state index in [-0.39, 0.29) is 0 Å². The first-order valence-corrected chi connectivity index (χ1v) is 6.49. The second-order valence-corrected chi connectivity index (χ2v) is 4.45. The van der Waals surface area contributed by atoms with Gasteiger partial charge in [0.1, 0.15) is 11.8 Å². The highest BCUT2D eigenvalue weighted by Crippen LogP contribution is 2.23. The van der Waals surface area contributed by atoms with E-state index in [2.05, 4.69) is 10.3 Å². The van der Waals surface area contributed by atoms with Gasteiger partial charge in [-0.15, -0.1) is 5.10 Å². The number of benzene rings is 1. The first-order valence-electron chi connectivity index (χ1n) is 6.49. The van der Waals surface area contributed by atoms with Crippen LogP contribution in [0.1, 0.15) is 26.3 Å². The Morgan fingerprint density at radius 1 is 1.40 bits per heavy atom. The molecule has 1 aromatic heterocycles. The van der Waals surface area contributed by atoms with Gasteiger partial charge in [0.25, 0.3) is 0 Å². The molecule has 0 aliphatic heterocycles. The molecule has 2 aromatic rings. The molecule has 0 aliphatic rings. The van der Waals surface area contributed by atoms with Crippen LogP contribution in [0.4, 0.5) is 0 Å². The number of carboxylic acid groups (broad SMARTS) is 1. The minimum atomic E-state index is -0.945. The lowest BCUT2D eigenvalue weighted by atomic mass is 10.1. The number of carboxylic acids is 1. The van der Waals surface area contributed by atoms with Gasteiger partial charge in [-0.1, -0.05) is 12.1 Å². The van der Waals surface area contributed by atoms with Crippen LogP contribution in [-0.4, -0.2) is 32.7 Å². The van der Waals surface area contributed by atoms with Gasteiger partial charge in [-0.25, -0.2) is 9.48 Å². The highest BCUT2D eigenvalue weighted by molar-refractivity contribution is 5.72. The van der Waals surface area contributed by atoms with Crippen molar-refractivity contribution in [1.29, 1.82) is 0 Å². The van der Waals surface area contributed by atoms with E-state index in [1.807, 2.05) is 31.2 Å². The van der Waals surface area contributed by atoms with Crippen LogP contribution in [0.3, 0.4) is 0 Å². The Morgan fingerprint density at radius 2 is 2.10 bits per heavy atom. The maximum absolute atomic E-state index is 11.0. The van der Waals surface area contributed by atoms with E-state index in [0.717, 1.165) is 17.7 Å². The summed E-state index contributed by atoms with van der Waals surface area (Å²) in [6.07, 6.45) is 2.51. The van der Waals surface area contributed by atoms with Gasteiger partial charge in [0.15, 0.2) is 0 Å². The molecular weight excluding hydrogens is 258 g/mol. The summed E-state index contributed by atoms with van der Waals surface area (Å²) < 4.78 is 6.90. The van der Waals surface area contributed by atoms with E-state index in [9.17, 15) is 4.79 Å². The predicted molar refractivity (Wildman–Crippen MR) is 73.6 cm³/mol. The zero-order valence-corrected chi connectivity index (χ0v) is 11.5. The minimum absolute atomic E-state index is 0.668. The molecule has 0 saturated heterocycles. The van der Waals surface area contributed by atoms with E-state index in [0.29, 0.717) is 12.3 Å². The summed E-state index contributed by atoms with van der Waals surface area (Å²) in [6, 6.07) is 6.69. The van der Waals surface area contributed by atoms with Crippen LogP contribution in [0.2, 0.25) is 0 Å². The van der Waals surface area contributed by atoms with Gasteiger partial charge in [-0.2, -0.15) is 0 Å². The van der Waals surface area contributed by atoms with Crippen molar-refractivity contribution in [2.45, 2.75) is 26.3 Å². The number of carbonyl (C=O) groups is 1. The lowest BCUT2D eigenvalue weighted by Crippen LogP contribution is -2.17. The predicted octanol–water partition coefficient (Wildman–Crippen LogP) is 2.38. The fourth-order valence-corrected chi connectivity index (χ4v) is 1.78. The number of ether oxygens (including phenoxy) is 1. The Labute approximate surface area is 117 Å². The van der Waals surface area contributed by atoms with Crippen molar-refractivity contribution >= 4 is 5.97 Å². The Morgan fingerprint density at radius 3 is 2.70 bits per heavy atom. The summed E-state index contributed by atoms with van der Waals surface area (Å²) in [7, 11) is 0. The van der Waals surface area contributed by atoms with Crippen LogP contribution < -0.4 is 4.74 Å². The standard InChI is InChI=1S/C14H17N3O3/c1-3-8-20-12-6-4-11(5-7-12)13-9-15-16-17(13)10(2)14(18)19/h4-7,9-10H,3,8H2,1-2H3,(H,18,19). The Bertz CT molecular complexity index is 578. The van der Waals surface area contributed by atoms with E-state index < -0.39 is 12.0 Å². The van der Waals surface area contributed by atoms with Crippen molar-refractivity contribution in [3.63, 3.8) is 0 Å². The van der Waals surface area contributed by atoms with Crippen molar-refractivity contribution in [3.8, 4) is 17.0 Å². The van der Waals surface area contributed by atoms with Gasteiger partial charge in [-0.05, 0) is 37.6 Å². The second-order valence-electron chi connectivity index (χ2n) is 4.45. The fourth-order valence-electron chi connectivity index (χ4n) is 1.78. The van der Waals surface area contributed by atoms with Gasteiger partial charge in [0.05, 0.1) is 18.5 Å². The van der Waals surface area contributed by atoms with E-state index in [1.54, 1.807) is 13.1 Å². The summed E-state index contributed by atoms with van der Waals surface area (Å²) in [5.74, 6) is -0.152. The monoisotopic (exact) mass is 275 g/mol. The zero-order valence-electron chi connectivity index (χ0n) is 11.5. The van der Waals surface area contributed by atoms with Crippen molar-refractivity contribution in [2.24, 2.45) is 0 Å². The molecule has 1 unspecified atom stereocenters. The Kier molecular flexibility index (Phi) is 4.34. The molecule has 0 bridgehead atoms. The topological polar surface area (TPSA) is 77.2 Å². The summed E-state index contributed by atoms with van der Waals surface area (Å²) in [5, 5.41) is 16.7. The number of aromatic nitrogens is 3. The average molecular weight is 275 g/mol. The van der Waals surface area contributed by atoms with Gasteiger partial charge in [0, 0.05) is 5.56 Å². The van der Waals surface area contributed by atoms with Crippen LogP contribution in [0.25, 0.3) is 11.3 Å². The van der Waals surface area contributed by atoms with Crippen molar-refractivity contribution in [1.82, 2.24) is 15.0 Å². The van der Waals surface area contributed by atoms with Crippen molar-refractivity contribution < 1.29 is 14.6 Å². The summed E-state index contributed by atoms with van der Waals surface area (Å²) in [4.78, 5) is 11.0. The van der Waals surface area contributed by atoms with Crippen LogP contribution >= 0.6 is 0 Å². The molecule has 0 spiro atoms. The first kappa shape index (κ1) is 14.0. The second kappa shape index (κ2) is 6.18. The molecular formula is C14H17N3O3. The fraction of sp³-hybridized carbons (Fsp3) is 0.357. The van der Waals surface area contributed by atoms with E-state index in [1.165, 1.54) is 4.68 Å². The smallest absolute Gasteiger partial charge is 0.328 e.